The number of nitro benzene ring substituents is 1. The highest BCUT2D eigenvalue weighted by molar-refractivity contribution is 9.09. The van der Waals surface area contributed by atoms with Crippen LogP contribution in [0.3, 0.4) is 0 Å². The molecule has 1 atom stereocenters. The maximum absolute atomic E-state index is 13.1. The molecule has 0 bridgehead atoms. The fraction of sp³-hybridized carbons (Fsp3) is 0.409. The number of carbonyl (C=O) groups is 3. The Balaban J connectivity index is 2.52. The van der Waals surface area contributed by atoms with Crippen molar-refractivity contribution in [2.24, 2.45) is 5.41 Å². The summed E-state index contributed by atoms with van der Waals surface area (Å²) in [6, 6.07) is 5.61. The summed E-state index contributed by atoms with van der Waals surface area (Å²) in [5.74, 6) is -3.15. The Morgan fingerprint density at radius 2 is 1.82 bits per heavy atom. The van der Waals surface area contributed by atoms with Gasteiger partial charge in [0.05, 0.1) is 34.5 Å². The largest absolute Gasteiger partial charge is 0.466 e. The molecule has 2 rings (SSSR count). The van der Waals surface area contributed by atoms with Gasteiger partial charge in [0.2, 0.25) is 6.79 Å². The summed E-state index contributed by atoms with van der Waals surface area (Å²) in [4.78, 5) is 48.5. The van der Waals surface area contributed by atoms with Crippen LogP contribution in [0.25, 0.3) is 0 Å². The predicted octanol–water partition coefficient (Wildman–Crippen LogP) is 3.47. The topological polar surface area (TPSA) is 134 Å². The summed E-state index contributed by atoms with van der Waals surface area (Å²) in [7, 11) is 1.20. The molecule has 1 aromatic carbocycles. The fourth-order valence-corrected chi connectivity index (χ4v) is 3.65. The lowest BCUT2D eigenvalue weighted by Gasteiger charge is -2.30. The van der Waals surface area contributed by atoms with E-state index < -0.39 is 41.0 Å². The number of dihydropyridines is 1. The molecule has 0 unspecified atom stereocenters. The van der Waals surface area contributed by atoms with Crippen LogP contribution >= 0.6 is 15.9 Å². The van der Waals surface area contributed by atoms with Crippen LogP contribution in [-0.2, 0) is 28.6 Å². The second-order valence-corrected chi connectivity index (χ2v) is 8.76. The van der Waals surface area contributed by atoms with Crippen LogP contribution in [0.2, 0.25) is 0 Å². The molecule has 11 heteroatoms. The molecule has 0 aliphatic carbocycles. The van der Waals surface area contributed by atoms with Gasteiger partial charge in [0.15, 0.2) is 0 Å². The first-order valence-corrected chi connectivity index (χ1v) is 11.0. The maximum Gasteiger partial charge on any atom is 0.339 e. The van der Waals surface area contributed by atoms with Crippen molar-refractivity contribution in [3.05, 3.63) is 62.5 Å². The van der Waals surface area contributed by atoms with E-state index >= 15 is 0 Å². The molecule has 0 amide bonds. The van der Waals surface area contributed by atoms with E-state index in [1.165, 1.54) is 25.3 Å². The SMILES string of the molecule is COC(=O)C1=C(C)NC(CBr)=C(C(=O)OCOC(=O)C(C)(C)C)[C@H]1c1cccc([N+](=O)[O-])c1. The average molecular weight is 525 g/mol. The van der Waals surface area contributed by atoms with Gasteiger partial charge in [-0.3, -0.25) is 14.9 Å². The van der Waals surface area contributed by atoms with Gasteiger partial charge in [-0.15, -0.1) is 0 Å². The number of halogens is 1. The Labute approximate surface area is 199 Å². The van der Waals surface area contributed by atoms with Gasteiger partial charge in [-0.2, -0.15) is 0 Å². The number of allylic oxidation sites excluding steroid dienone is 2. The predicted molar refractivity (Wildman–Crippen MR) is 121 cm³/mol. The number of alkyl halides is 1. The average Bonchev–Trinajstić information content (AvgIpc) is 2.76. The summed E-state index contributed by atoms with van der Waals surface area (Å²) in [6.07, 6.45) is 0. The second kappa shape index (κ2) is 10.6. The zero-order valence-corrected chi connectivity index (χ0v) is 20.5. The van der Waals surface area contributed by atoms with Gasteiger partial charge in [0, 0.05) is 28.9 Å². The Kier molecular flexibility index (Phi) is 8.37. The molecule has 0 aromatic heterocycles. The van der Waals surface area contributed by atoms with Crippen molar-refractivity contribution in [3.8, 4) is 0 Å². The third-order valence-electron chi connectivity index (χ3n) is 4.81. The second-order valence-electron chi connectivity index (χ2n) is 8.20. The van der Waals surface area contributed by atoms with E-state index in [-0.39, 0.29) is 22.2 Å². The lowest BCUT2D eigenvalue weighted by molar-refractivity contribution is -0.384. The Morgan fingerprint density at radius 3 is 2.36 bits per heavy atom. The number of hydrogen-bond donors (Lipinski definition) is 1. The number of methoxy groups -OCH3 is 1. The van der Waals surface area contributed by atoms with E-state index in [0.717, 1.165) is 0 Å². The molecule has 1 heterocycles. The zero-order chi connectivity index (χ0) is 24.9. The number of esters is 3. The Morgan fingerprint density at radius 1 is 1.15 bits per heavy atom. The highest BCUT2D eigenvalue weighted by Crippen LogP contribution is 2.40. The number of nitrogens with zero attached hydrogens (tertiary/aromatic N) is 1. The molecule has 1 aromatic rings. The van der Waals surface area contributed by atoms with Crippen LogP contribution in [0.1, 0.15) is 39.2 Å². The molecule has 10 nitrogen and oxygen atoms in total. The van der Waals surface area contributed by atoms with Gasteiger partial charge in [-0.25, -0.2) is 9.59 Å². The van der Waals surface area contributed by atoms with Gasteiger partial charge in [0.1, 0.15) is 0 Å². The number of benzene rings is 1. The summed E-state index contributed by atoms with van der Waals surface area (Å²) in [5, 5.41) is 14.5. The summed E-state index contributed by atoms with van der Waals surface area (Å²) in [5.41, 5.74) is 0.268. The number of nitro groups is 1. The van der Waals surface area contributed by atoms with Crippen molar-refractivity contribution in [1.29, 1.82) is 0 Å². The molecule has 0 saturated heterocycles. The molecule has 1 N–H and O–H groups in total. The van der Waals surface area contributed by atoms with E-state index in [4.69, 9.17) is 14.2 Å². The van der Waals surface area contributed by atoms with E-state index in [2.05, 4.69) is 21.2 Å². The number of hydrogen-bond acceptors (Lipinski definition) is 9. The number of ether oxygens (including phenoxy) is 3. The van der Waals surface area contributed by atoms with Crippen molar-refractivity contribution in [3.63, 3.8) is 0 Å². The lowest BCUT2D eigenvalue weighted by atomic mass is 9.80. The third-order valence-corrected chi connectivity index (χ3v) is 5.37. The molecule has 1 aliphatic heterocycles. The molecule has 178 valence electrons. The molecule has 0 saturated carbocycles. The molecule has 1 aliphatic rings. The quantitative estimate of drug-likeness (QED) is 0.187. The maximum atomic E-state index is 13.1. The van der Waals surface area contributed by atoms with Gasteiger partial charge in [0.25, 0.3) is 5.69 Å². The highest BCUT2D eigenvalue weighted by Gasteiger charge is 2.39. The van der Waals surface area contributed by atoms with Crippen LogP contribution < -0.4 is 5.32 Å². The Hall–Kier alpha value is -3.21. The minimum atomic E-state index is -1.02. The van der Waals surface area contributed by atoms with E-state index in [9.17, 15) is 24.5 Å². The zero-order valence-electron chi connectivity index (χ0n) is 18.9. The van der Waals surface area contributed by atoms with Crippen LogP contribution in [0, 0.1) is 15.5 Å². The summed E-state index contributed by atoms with van der Waals surface area (Å²) >= 11 is 3.32. The first kappa shape index (κ1) is 26.0. The lowest BCUT2D eigenvalue weighted by Crippen LogP contribution is -2.34. The van der Waals surface area contributed by atoms with Gasteiger partial charge in [-0.05, 0) is 33.3 Å². The number of rotatable bonds is 7. The van der Waals surface area contributed by atoms with E-state index in [1.807, 2.05) is 0 Å². The molecule has 33 heavy (non-hydrogen) atoms. The Bertz CT molecular complexity index is 1040. The third kappa shape index (κ3) is 5.98. The standard InChI is InChI=1S/C22H25BrN2O8/c1-12-16(19(26)31-5)17(13-7-6-8-14(9-13)25(29)30)18(15(10-23)24-12)20(27)32-11-33-21(28)22(2,3)4/h6-9,17,24H,10-11H2,1-5H3/t17-/m0/s1. The smallest absolute Gasteiger partial charge is 0.339 e. The van der Waals surface area contributed by atoms with Gasteiger partial charge < -0.3 is 19.5 Å². The molecule has 0 radical (unpaired) electrons. The van der Waals surface area contributed by atoms with Gasteiger partial charge >= 0.3 is 17.9 Å². The highest BCUT2D eigenvalue weighted by atomic mass is 79.9. The summed E-state index contributed by atoms with van der Waals surface area (Å²) < 4.78 is 15.1. The van der Waals surface area contributed by atoms with Crippen LogP contribution in [-0.4, -0.2) is 42.1 Å². The van der Waals surface area contributed by atoms with Crippen molar-refractivity contribution < 1.29 is 33.5 Å². The van der Waals surface area contributed by atoms with Crippen molar-refractivity contribution in [1.82, 2.24) is 5.32 Å². The van der Waals surface area contributed by atoms with Crippen LogP contribution in [0.5, 0.6) is 0 Å². The molecule has 0 fully saturated rings. The summed E-state index contributed by atoms with van der Waals surface area (Å²) in [6.45, 7) is 5.96. The van der Waals surface area contributed by atoms with Crippen LogP contribution in [0.15, 0.2) is 46.8 Å². The minimum Gasteiger partial charge on any atom is -0.466 e. The van der Waals surface area contributed by atoms with E-state index in [1.54, 1.807) is 33.8 Å². The normalized spacial score (nSPS) is 16.1. The minimum absolute atomic E-state index is 0.0326. The molecule has 0 spiro atoms. The molecular weight excluding hydrogens is 500 g/mol. The van der Waals surface area contributed by atoms with Crippen LogP contribution in [0.4, 0.5) is 5.69 Å². The van der Waals surface area contributed by atoms with Gasteiger partial charge in [-0.1, -0.05) is 28.1 Å². The fourth-order valence-electron chi connectivity index (χ4n) is 3.21. The number of carbonyl (C=O) groups excluding carboxylic acids is 3. The van der Waals surface area contributed by atoms with E-state index in [0.29, 0.717) is 17.0 Å². The van der Waals surface area contributed by atoms with Crippen molar-refractivity contribution in [2.45, 2.75) is 33.6 Å². The number of non-ortho nitro benzene ring substituents is 1. The number of nitrogens with one attached hydrogen (secondary N) is 1. The first-order valence-electron chi connectivity index (χ1n) is 9.86. The first-order chi connectivity index (χ1) is 15.4. The van der Waals surface area contributed by atoms with Crippen molar-refractivity contribution in [2.75, 3.05) is 19.2 Å². The monoisotopic (exact) mass is 524 g/mol. The molecular formula is C22H25BrN2O8. The van der Waals surface area contributed by atoms with Crippen molar-refractivity contribution >= 4 is 39.5 Å².